The van der Waals surface area contributed by atoms with Crippen molar-refractivity contribution in [3.8, 4) is 69.5 Å². The zero-order valence-corrected chi connectivity index (χ0v) is 78.3. The molecule has 0 atom stereocenters. The number of fused-ring (bicyclic) bond motifs is 2. The third kappa shape index (κ3) is 20.7. The van der Waals surface area contributed by atoms with Gasteiger partial charge in [-0.15, -0.1) is 20.4 Å². The molecular weight excluding hydrogens is 1710 g/mol. The zero-order chi connectivity index (χ0) is 93.0. The van der Waals surface area contributed by atoms with E-state index in [1.54, 1.807) is 0 Å². The Hall–Kier alpha value is -15.7. The third-order valence-corrected chi connectivity index (χ3v) is 25.6. The Morgan fingerprint density at radius 3 is 1.02 bits per heavy atom. The highest BCUT2D eigenvalue weighted by atomic mass is 32.1. The first-order valence-electron chi connectivity index (χ1n) is 46.6. The molecule has 16 nitrogen and oxygen atoms in total. The van der Waals surface area contributed by atoms with Crippen LogP contribution in [0.1, 0.15) is 97.2 Å². The van der Waals surface area contributed by atoms with E-state index in [0.29, 0.717) is 114 Å². The highest BCUT2D eigenvalue weighted by Crippen LogP contribution is 2.46. The second-order valence-corrected chi connectivity index (χ2v) is 36.9. The molecule has 0 unspecified atom stereocenters. The summed E-state index contributed by atoms with van der Waals surface area (Å²) in [6.07, 6.45) is 0. The molecule has 137 heavy (non-hydrogen) atoms. The maximum Gasteiger partial charge on any atom is 0.248 e. The van der Waals surface area contributed by atoms with Crippen LogP contribution in [-0.2, 0) is 56.2 Å². The summed E-state index contributed by atoms with van der Waals surface area (Å²) in [6, 6.07) is 127. The Morgan fingerprint density at radius 2 is 0.606 bits per heavy atom. The van der Waals surface area contributed by atoms with Gasteiger partial charge in [-0.1, -0.05) is 259 Å². The first-order chi connectivity index (χ1) is 67.1. The van der Waals surface area contributed by atoms with Gasteiger partial charge in [-0.05, 0) is 246 Å². The molecule has 0 fully saturated rings. The molecule has 17 heteroatoms. The van der Waals surface area contributed by atoms with Gasteiger partial charge in [0.05, 0.1) is 87.1 Å². The van der Waals surface area contributed by atoms with Gasteiger partial charge < -0.3 is 47.4 Å². The number of ether oxygens (including phenoxy) is 4. The van der Waals surface area contributed by atoms with Gasteiger partial charge in [0.25, 0.3) is 0 Å². The van der Waals surface area contributed by atoms with Crippen molar-refractivity contribution in [2.24, 2.45) is 0 Å². The van der Waals surface area contributed by atoms with Crippen molar-refractivity contribution < 1.29 is 27.8 Å². The minimum atomic E-state index is 0.0419. The number of aromatic nitrogens is 6. The molecule has 0 aliphatic heterocycles. The number of para-hydroxylation sites is 2. The van der Waals surface area contributed by atoms with E-state index < -0.39 is 0 Å². The molecule has 0 spiro atoms. The van der Waals surface area contributed by atoms with Crippen LogP contribution in [0.15, 0.2) is 373 Å². The van der Waals surface area contributed by atoms with E-state index in [9.17, 15) is 0 Å². The molecule has 3 aromatic heterocycles. The quantitative estimate of drug-likeness (QED) is 0.0223. The molecule has 0 amide bonds. The van der Waals surface area contributed by atoms with Gasteiger partial charge in [-0.2, -0.15) is 8.75 Å². The molecule has 674 valence electrons. The Labute approximate surface area is 803 Å². The number of nitrogens with zero attached hydrogens (tertiary/aromatic N) is 10. The first kappa shape index (κ1) is 89.2. The maximum atomic E-state index is 6.59. The van der Waals surface area contributed by atoms with Crippen molar-refractivity contribution >= 4 is 111 Å². The molecule has 20 aromatic rings. The minimum Gasteiger partial charge on any atom is -0.416 e. The molecule has 0 radical (unpaired) electrons. The van der Waals surface area contributed by atoms with Gasteiger partial charge in [0, 0.05) is 104 Å². The SMILES string of the molecule is CC(C)(C)c1ccc(-c2nnc(-c3ccc(COCCN(CCOCc4ccc(-c5nnc(-c6ccc(C(C)(C)C)cc6)o5)cc4)c4ccc(C#Cc5ccc(C#Cc6ccc(N(CCOCc7ccc(N(c8ccccc8)c8cccc9ccccc89)cc7)CCOCc7ccc(N(c8ccccc8)c8ccc9ccc%10cccc%11ccc8c9c%10%11)cc7)cc6)c6nsnc56)cc4)cc3)o2)cc1. The Morgan fingerprint density at radius 1 is 0.277 bits per heavy atom. The van der Waals surface area contributed by atoms with Crippen molar-refractivity contribution in [1.82, 2.24) is 29.1 Å². The summed E-state index contributed by atoms with van der Waals surface area (Å²) in [7, 11) is 0. The lowest BCUT2D eigenvalue weighted by molar-refractivity contribution is 0.115. The van der Waals surface area contributed by atoms with Gasteiger partial charge >= 0.3 is 0 Å². The van der Waals surface area contributed by atoms with Crippen LogP contribution < -0.4 is 19.6 Å². The largest absolute Gasteiger partial charge is 0.416 e. The van der Waals surface area contributed by atoms with Crippen molar-refractivity contribution in [2.75, 3.05) is 72.2 Å². The van der Waals surface area contributed by atoms with Crippen molar-refractivity contribution in [3.05, 3.63) is 420 Å². The third-order valence-electron chi connectivity index (χ3n) is 25.1. The van der Waals surface area contributed by atoms with Crippen LogP contribution in [0.3, 0.4) is 0 Å². The summed E-state index contributed by atoms with van der Waals surface area (Å²) in [5, 5.41) is 27.4. The second kappa shape index (κ2) is 40.6. The highest BCUT2D eigenvalue weighted by molar-refractivity contribution is 7.00. The summed E-state index contributed by atoms with van der Waals surface area (Å²) < 4.78 is 47.7. The van der Waals surface area contributed by atoms with E-state index in [2.05, 4.69) is 384 Å². The standard InChI is InChI=1S/C120H102N10O6S/c1-119(2,3)99-57-51-97(52-58-99)117-123-121-115(135-117)95-43-29-85(30-44-95)79-131-75-71-127(72-76-132-80-86-31-45-96(46-32-86)116-122-124-118(136-116)98-53-59-100(60-54-98)120(4,5)6)101-61-33-83(34-62-101)27-41-93-49-50-94(114-113(93)125-137-126-114)42-28-84-35-63-102(64-36-84)128(73-77-133-81-87-37-65-105(66-38-87)129(103-21-9-7-10-22-103)109-26-16-18-89-17-13-14-25-107(89)109)74-78-134-82-88-39-67-106(68-40-88)130(104-23-11-8-12-24-104)110-70-56-92-48-47-90-19-15-20-91-55-69-108(110)112(92)111(90)91/h7-26,29-40,43-70H,71-82H2,1-6H3. The average molecular weight is 1810 g/mol. The maximum absolute atomic E-state index is 6.59. The monoisotopic (exact) mass is 1810 g/mol. The fourth-order valence-corrected chi connectivity index (χ4v) is 18.1. The van der Waals surface area contributed by atoms with Gasteiger partial charge in [0.15, 0.2) is 0 Å². The van der Waals surface area contributed by atoms with Gasteiger partial charge in [0.1, 0.15) is 11.0 Å². The lowest BCUT2D eigenvalue weighted by Gasteiger charge is -2.28. The molecule has 0 bridgehead atoms. The smallest absolute Gasteiger partial charge is 0.248 e. The molecule has 0 aliphatic carbocycles. The van der Waals surface area contributed by atoms with E-state index in [-0.39, 0.29) is 10.8 Å². The number of hydrogen-bond donors (Lipinski definition) is 0. The van der Waals surface area contributed by atoms with E-state index in [1.165, 1.54) is 54.2 Å². The predicted molar refractivity (Wildman–Crippen MR) is 557 cm³/mol. The molecular formula is C120H102N10O6S. The van der Waals surface area contributed by atoms with Crippen molar-refractivity contribution in [1.29, 1.82) is 0 Å². The normalized spacial score (nSPS) is 11.6. The lowest BCUT2D eigenvalue weighted by Crippen LogP contribution is -2.31. The number of benzene rings is 17. The number of rotatable bonds is 32. The number of anilines is 8. The molecule has 20 rings (SSSR count). The Kier molecular flexibility index (Phi) is 26.4. The second-order valence-electron chi connectivity index (χ2n) is 36.4. The lowest BCUT2D eigenvalue weighted by atomic mass is 9.87. The van der Waals surface area contributed by atoms with Crippen LogP contribution >= 0.6 is 11.7 Å². The highest BCUT2D eigenvalue weighted by Gasteiger charge is 2.24. The van der Waals surface area contributed by atoms with Crippen LogP contribution in [0.5, 0.6) is 0 Å². The molecule has 0 aliphatic rings. The molecule has 0 N–H and O–H groups in total. The summed E-state index contributed by atoms with van der Waals surface area (Å²) in [5.41, 5.74) is 23.5. The van der Waals surface area contributed by atoms with Gasteiger partial charge in [-0.25, -0.2) is 0 Å². The van der Waals surface area contributed by atoms with E-state index in [4.69, 9.17) is 36.5 Å². The fraction of sp³-hybridized carbons (Fsp3) is 0.167. The summed E-state index contributed by atoms with van der Waals surface area (Å²) in [5.74, 6) is 15.6. The van der Waals surface area contributed by atoms with Crippen LogP contribution in [0, 0.1) is 23.7 Å². The fourth-order valence-electron chi connectivity index (χ4n) is 17.5. The summed E-state index contributed by atoms with van der Waals surface area (Å²) in [4.78, 5) is 9.31. The topological polar surface area (TPSA) is 154 Å². The van der Waals surface area contributed by atoms with Crippen molar-refractivity contribution in [3.63, 3.8) is 0 Å². The van der Waals surface area contributed by atoms with Gasteiger partial charge in [-0.3, -0.25) is 0 Å². The zero-order valence-electron chi connectivity index (χ0n) is 77.5. The van der Waals surface area contributed by atoms with E-state index >= 15 is 0 Å². The molecule has 3 heterocycles. The van der Waals surface area contributed by atoms with Crippen molar-refractivity contribution in [2.45, 2.75) is 78.8 Å². The van der Waals surface area contributed by atoms with Crippen LogP contribution in [0.25, 0.3) is 99.9 Å². The molecule has 0 saturated carbocycles. The number of hydrogen-bond acceptors (Lipinski definition) is 17. The van der Waals surface area contributed by atoms with Crippen LogP contribution in [0.2, 0.25) is 0 Å². The molecule has 17 aromatic carbocycles. The van der Waals surface area contributed by atoms with Gasteiger partial charge in [0.2, 0.25) is 23.6 Å². The predicted octanol–water partition coefficient (Wildman–Crippen LogP) is 28.0. The summed E-state index contributed by atoms with van der Waals surface area (Å²) in [6.45, 7) is 19.3. The van der Waals surface area contributed by atoms with Crippen LogP contribution in [0.4, 0.5) is 45.5 Å². The summed E-state index contributed by atoms with van der Waals surface area (Å²) >= 11 is 1.16. The van der Waals surface area contributed by atoms with E-state index in [0.717, 1.165) is 124 Å². The van der Waals surface area contributed by atoms with Crippen LogP contribution in [-0.4, -0.2) is 81.7 Å². The van der Waals surface area contributed by atoms with E-state index in [1.807, 2.05) is 84.9 Å². The Bertz CT molecular complexity index is 7500. The average Bonchev–Trinajstić information content (AvgIpc) is 1.29. The first-order valence-corrected chi connectivity index (χ1v) is 47.3. The minimum absolute atomic E-state index is 0.0419. The Balaban J connectivity index is 0.496. The molecule has 0 saturated heterocycles.